The summed E-state index contributed by atoms with van der Waals surface area (Å²) in [5, 5.41) is 6.57. The maximum Gasteiger partial charge on any atom is 0.329 e. The molecule has 6 nitrogen and oxygen atoms in total. The largest absolute Gasteiger partial charge is 0.329 e. The van der Waals surface area contributed by atoms with Crippen LogP contribution < -0.4 is 11.2 Å². The van der Waals surface area contributed by atoms with Gasteiger partial charge in [0.15, 0.2) is 5.65 Å². The van der Waals surface area contributed by atoms with E-state index in [1.807, 2.05) is 0 Å². The van der Waals surface area contributed by atoms with E-state index in [4.69, 9.17) is 0 Å². The number of aromatic amines is 2. The Bertz CT molecular complexity index is 532. The van der Waals surface area contributed by atoms with Crippen molar-refractivity contribution in [3.05, 3.63) is 27.0 Å². The van der Waals surface area contributed by atoms with E-state index in [0.717, 1.165) is 4.57 Å². The summed E-state index contributed by atoms with van der Waals surface area (Å²) in [6.45, 7) is 0. The van der Waals surface area contributed by atoms with Crippen LogP contribution in [0.5, 0.6) is 0 Å². The van der Waals surface area contributed by atoms with Crippen LogP contribution in [0, 0.1) is 0 Å². The molecule has 2 aromatic rings. The highest BCUT2D eigenvalue weighted by atomic mass is 16.2. The third kappa shape index (κ3) is 0.714. The molecule has 0 spiro atoms. The Hall–Kier alpha value is -1.85. The summed E-state index contributed by atoms with van der Waals surface area (Å²) < 4.78 is 0.998. The maximum absolute atomic E-state index is 11.3. The Morgan fingerprint density at radius 1 is 1.50 bits per heavy atom. The maximum atomic E-state index is 11.3. The fourth-order valence-corrected chi connectivity index (χ4v) is 1.01. The summed E-state index contributed by atoms with van der Waals surface area (Å²) >= 11 is 0. The number of rotatable bonds is 0. The predicted molar refractivity (Wildman–Crippen MR) is 42.0 cm³/mol. The molecule has 0 unspecified atom stereocenters. The Balaban J connectivity index is 3.16. The minimum Gasteiger partial charge on any atom is -0.290 e. The van der Waals surface area contributed by atoms with Gasteiger partial charge in [-0.1, -0.05) is 0 Å². The Labute approximate surface area is 65.8 Å². The molecule has 2 N–H and O–H groups in total. The van der Waals surface area contributed by atoms with Crippen molar-refractivity contribution in [2.24, 2.45) is 7.05 Å². The van der Waals surface area contributed by atoms with Crippen LogP contribution in [0.25, 0.3) is 11.0 Å². The third-order valence-electron chi connectivity index (χ3n) is 1.71. The molecule has 2 rings (SSSR count). The third-order valence-corrected chi connectivity index (χ3v) is 1.71. The van der Waals surface area contributed by atoms with E-state index in [0.29, 0.717) is 11.0 Å². The Morgan fingerprint density at radius 3 is 3.00 bits per heavy atom. The second kappa shape index (κ2) is 2.07. The van der Waals surface area contributed by atoms with Gasteiger partial charge in [-0.3, -0.25) is 19.4 Å². The fraction of sp³-hybridized carbons (Fsp3) is 0.167. The normalized spacial score (nSPS) is 10.8. The molecule has 0 bridgehead atoms. The van der Waals surface area contributed by atoms with Crippen molar-refractivity contribution < 1.29 is 0 Å². The Kier molecular flexibility index (Phi) is 1.18. The van der Waals surface area contributed by atoms with Gasteiger partial charge in [0.1, 0.15) is 5.39 Å². The van der Waals surface area contributed by atoms with Gasteiger partial charge in [-0.2, -0.15) is 5.10 Å². The highest BCUT2D eigenvalue weighted by Crippen LogP contribution is 1.95. The molecule has 0 amide bonds. The molecule has 0 aliphatic rings. The highest BCUT2D eigenvalue weighted by molar-refractivity contribution is 5.71. The van der Waals surface area contributed by atoms with Crippen LogP contribution >= 0.6 is 0 Å². The average Bonchev–Trinajstić information content (AvgIpc) is 2.48. The molecule has 0 saturated heterocycles. The molecule has 12 heavy (non-hydrogen) atoms. The van der Waals surface area contributed by atoms with Crippen molar-refractivity contribution >= 4 is 11.0 Å². The highest BCUT2D eigenvalue weighted by Gasteiger charge is 2.04. The number of H-pyrrole nitrogens is 2. The predicted octanol–water partition coefficient (Wildman–Crippen LogP) is -1.05. The number of aromatic nitrogens is 4. The van der Waals surface area contributed by atoms with Crippen molar-refractivity contribution in [1.29, 1.82) is 0 Å². The van der Waals surface area contributed by atoms with Gasteiger partial charge in [-0.15, -0.1) is 0 Å². The first-order chi connectivity index (χ1) is 5.70. The minimum atomic E-state index is -0.459. The second-order valence-corrected chi connectivity index (χ2v) is 2.44. The quantitative estimate of drug-likeness (QED) is 0.523. The first-order valence-corrected chi connectivity index (χ1v) is 3.33. The molecular formula is C6H6N4O2. The molecule has 0 aliphatic carbocycles. The van der Waals surface area contributed by atoms with Crippen LogP contribution in [0.15, 0.2) is 15.8 Å². The van der Waals surface area contributed by atoms with Gasteiger partial charge in [0, 0.05) is 13.2 Å². The molecule has 0 fully saturated rings. The molecule has 6 heteroatoms. The smallest absolute Gasteiger partial charge is 0.290 e. The van der Waals surface area contributed by atoms with Crippen LogP contribution in [-0.4, -0.2) is 19.7 Å². The zero-order chi connectivity index (χ0) is 8.72. The molecule has 0 atom stereocenters. The van der Waals surface area contributed by atoms with E-state index in [1.54, 1.807) is 0 Å². The summed E-state index contributed by atoms with van der Waals surface area (Å²) in [5.74, 6) is 0. The number of nitrogens with zero attached hydrogens (tertiary/aromatic N) is 2. The van der Waals surface area contributed by atoms with E-state index in [-0.39, 0.29) is 5.56 Å². The summed E-state index contributed by atoms with van der Waals surface area (Å²) in [6, 6.07) is 0. The summed E-state index contributed by atoms with van der Waals surface area (Å²) in [6.07, 6.45) is 1.45. The van der Waals surface area contributed by atoms with Gasteiger partial charge in [-0.05, 0) is 0 Å². The molecular weight excluding hydrogens is 160 g/mol. The van der Waals surface area contributed by atoms with Crippen molar-refractivity contribution in [3.8, 4) is 0 Å². The van der Waals surface area contributed by atoms with Crippen LogP contribution in [0.1, 0.15) is 0 Å². The van der Waals surface area contributed by atoms with Gasteiger partial charge in [0.2, 0.25) is 0 Å². The minimum absolute atomic E-state index is 0.295. The number of hydrogen-bond donors (Lipinski definition) is 2. The lowest BCUT2D eigenvalue weighted by atomic mass is 10.4. The van der Waals surface area contributed by atoms with Crippen LogP contribution in [0.3, 0.4) is 0 Å². The summed E-state index contributed by atoms with van der Waals surface area (Å²) in [7, 11) is 1.41. The SMILES string of the molecule is Cn1c(=O)[nH]c2n[nH]cc2c1=O. The summed E-state index contributed by atoms with van der Waals surface area (Å²) in [4.78, 5) is 24.7. The van der Waals surface area contributed by atoms with Gasteiger partial charge in [0.25, 0.3) is 5.56 Å². The van der Waals surface area contributed by atoms with Gasteiger partial charge in [0.05, 0.1) is 0 Å². The first kappa shape index (κ1) is 6.84. The molecule has 2 aromatic heterocycles. The van der Waals surface area contributed by atoms with Crippen LogP contribution in [-0.2, 0) is 7.05 Å². The number of hydrogen-bond acceptors (Lipinski definition) is 3. The molecule has 0 saturated carbocycles. The number of nitrogens with one attached hydrogen (secondary N) is 2. The number of fused-ring (bicyclic) bond motifs is 1. The van der Waals surface area contributed by atoms with Crippen LogP contribution in [0.2, 0.25) is 0 Å². The topological polar surface area (TPSA) is 83.5 Å². The zero-order valence-corrected chi connectivity index (χ0v) is 6.29. The van der Waals surface area contributed by atoms with E-state index in [9.17, 15) is 9.59 Å². The monoisotopic (exact) mass is 166 g/mol. The lowest BCUT2D eigenvalue weighted by molar-refractivity contribution is 0.792. The molecule has 62 valence electrons. The second-order valence-electron chi connectivity index (χ2n) is 2.44. The van der Waals surface area contributed by atoms with Gasteiger partial charge >= 0.3 is 5.69 Å². The van der Waals surface area contributed by atoms with E-state index < -0.39 is 5.69 Å². The van der Waals surface area contributed by atoms with E-state index >= 15 is 0 Å². The van der Waals surface area contributed by atoms with Crippen LogP contribution in [0.4, 0.5) is 0 Å². The molecule has 0 radical (unpaired) electrons. The standard InChI is InChI=1S/C6H6N4O2/c1-10-5(11)3-2-7-9-4(3)8-6(10)12/h2H,1H3,(H2,7,8,9,12). The molecule has 0 aliphatic heterocycles. The Morgan fingerprint density at radius 2 is 2.25 bits per heavy atom. The summed E-state index contributed by atoms with van der Waals surface area (Å²) in [5.41, 5.74) is -0.509. The molecule has 0 aromatic carbocycles. The zero-order valence-electron chi connectivity index (χ0n) is 6.29. The van der Waals surface area contributed by atoms with Gasteiger partial charge in [-0.25, -0.2) is 4.79 Å². The van der Waals surface area contributed by atoms with E-state index in [1.165, 1.54) is 13.2 Å². The van der Waals surface area contributed by atoms with E-state index in [2.05, 4.69) is 15.2 Å². The van der Waals surface area contributed by atoms with Crippen molar-refractivity contribution in [2.45, 2.75) is 0 Å². The van der Waals surface area contributed by atoms with Crippen molar-refractivity contribution in [2.75, 3.05) is 0 Å². The lowest BCUT2D eigenvalue weighted by Gasteiger charge is -1.92. The van der Waals surface area contributed by atoms with Crippen molar-refractivity contribution in [3.63, 3.8) is 0 Å². The fourth-order valence-electron chi connectivity index (χ4n) is 1.01. The first-order valence-electron chi connectivity index (χ1n) is 3.33. The van der Waals surface area contributed by atoms with Gasteiger partial charge < -0.3 is 0 Å². The lowest BCUT2D eigenvalue weighted by Crippen LogP contribution is -2.31. The average molecular weight is 166 g/mol. The van der Waals surface area contributed by atoms with Crippen molar-refractivity contribution in [1.82, 2.24) is 19.7 Å². The molecule has 2 heterocycles.